The Bertz CT molecular complexity index is 337. The minimum atomic E-state index is -0.703. The molecule has 18 heavy (non-hydrogen) atoms. The normalized spacial score (nSPS) is 31.4. The molecule has 0 radical (unpaired) electrons. The molecule has 0 aromatic heterocycles. The van der Waals surface area contributed by atoms with Crippen molar-refractivity contribution in [1.29, 1.82) is 0 Å². The number of β-lactam (4-membered cyclic amide) rings is 1. The van der Waals surface area contributed by atoms with Crippen LogP contribution in [-0.2, 0) is 9.59 Å². The van der Waals surface area contributed by atoms with Gasteiger partial charge < -0.3 is 15.7 Å². The van der Waals surface area contributed by atoms with Crippen LogP contribution in [0.1, 0.15) is 39.5 Å². The van der Waals surface area contributed by atoms with Crippen molar-refractivity contribution < 1.29 is 14.7 Å². The van der Waals surface area contributed by atoms with Crippen molar-refractivity contribution in [3.05, 3.63) is 0 Å². The molecule has 5 heteroatoms. The van der Waals surface area contributed by atoms with Crippen LogP contribution in [0.4, 0.5) is 0 Å². The summed E-state index contributed by atoms with van der Waals surface area (Å²) in [6, 6.07) is 0.0552. The molecule has 102 valence electrons. The number of carbonyl (C=O) groups is 2. The lowest BCUT2D eigenvalue weighted by Gasteiger charge is -2.41. The minimum Gasteiger partial charge on any atom is -0.393 e. The van der Waals surface area contributed by atoms with Gasteiger partial charge in [-0.1, -0.05) is 19.8 Å². The maximum Gasteiger partial charge on any atom is 0.228 e. The van der Waals surface area contributed by atoms with E-state index in [4.69, 9.17) is 0 Å². The van der Waals surface area contributed by atoms with E-state index in [0.29, 0.717) is 6.04 Å². The van der Waals surface area contributed by atoms with Gasteiger partial charge in [-0.15, -0.1) is 0 Å². The Morgan fingerprint density at radius 2 is 2.00 bits per heavy atom. The molecule has 0 aromatic rings. The van der Waals surface area contributed by atoms with Crippen molar-refractivity contribution in [1.82, 2.24) is 10.6 Å². The molecular formula is C13H22N2O3. The summed E-state index contributed by atoms with van der Waals surface area (Å²) >= 11 is 0. The molecule has 2 rings (SSSR count). The second kappa shape index (κ2) is 5.26. The van der Waals surface area contributed by atoms with Gasteiger partial charge in [0.15, 0.2) is 0 Å². The number of carbonyl (C=O) groups excluding carboxylic acids is 2. The lowest BCUT2D eigenvalue weighted by molar-refractivity contribution is -0.145. The highest BCUT2D eigenvalue weighted by atomic mass is 16.3. The largest absolute Gasteiger partial charge is 0.393 e. The van der Waals surface area contributed by atoms with Gasteiger partial charge in [0.2, 0.25) is 11.8 Å². The van der Waals surface area contributed by atoms with Gasteiger partial charge in [0.25, 0.3) is 0 Å². The molecule has 2 amide bonds. The standard InChI is InChI=1S/C13H22N2O3/c1-7(11-10(8(2)16)13(18)15-11)12(17)14-9-5-3-4-6-9/h7-11,16H,3-6H2,1-2H3,(H,14,17)(H,15,18)/t7?,8?,10-,11-/m1/s1. The minimum absolute atomic E-state index is 0.0162. The van der Waals surface area contributed by atoms with E-state index in [0.717, 1.165) is 12.8 Å². The van der Waals surface area contributed by atoms with E-state index in [9.17, 15) is 14.7 Å². The molecule has 3 N–H and O–H groups in total. The van der Waals surface area contributed by atoms with Gasteiger partial charge in [0.1, 0.15) is 0 Å². The van der Waals surface area contributed by atoms with Gasteiger partial charge in [0, 0.05) is 6.04 Å². The van der Waals surface area contributed by atoms with Crippen LogP contribution in [0.15, 0.2) is 0 Å². The molecule has 0 aromatic carbocycles. The van der Waals surface area contributed by atoms with Crippen molar-refractivity contribution in [2.24, 2.45) is 11.8 Å². The van der Waals surface area contributed by atoms with Crippen LogP contribution in [0.2, 0.25) is 0 Å². The molecule has 4 atom stereocenters. The van der Waals surface area contributed by atoms with Crippen LogP contribution >= 0.6 is 0 Å². The number of nitrogens with one attached hydrogen (secondary N) is 2. The lowest BCUT2D eigenvalue weighted by atomic mass is 9.78. The van der Waals surface area contributed by atoms with E-state index in [2.05, 4.69) is 10.6 Å². The summed E-state index contributed by atoms with van der Waals surface area (Å²) in [5, 5.41) is 15.3. The number of aliphatic hydroxyl groups excluding tert-OH is 1. The van der Waals surface area contributed by atoms with Crippen molar-refractivity contribution in [3.63, 3.8) is 0 Å². The van der Waals surface area contributed by atoms with E-state index < -0.39 is 12.0 Å². The van der Waals surface area contributed by atoms with Gasteiger partial charge in [0.05, 0.1) is 24.0 Å². The quantitative estimate of drug-likeness (QED) is 0.626. The molecule has 1 aliphatic heterocycles. The van der Waals surface area contributed by atoms with Crippen LogP contribution in [0.25, 0.3) is 0 Å². The number of hydrogen-bond donors (Lipinski definition) is 3. The molecule has 2 fully saturated rings. The third-order valence-corrected chi connectivity index (χ3v) is 4.17. The van der Waals surface area contributed by atoms with Crippen molar-refractivity contribution >= 4 is 11.8 Å². The van der Waals surface area contributed by atoms with Crippen molar-refractivity contribution in [3.8, 4) is 0 Å². The number of amides is 2. The molecule has 1 saturated carbocycles. The zero-order valence-electron chi connectivity index (χ0n) is 11.0. The van der Waals surface area contributed by atoms with E-state index in [1.807, 2.05) is 6.92 Å². The van der Waals surface area contributed by atoms with Gasteiger partial charge in [-0.2, -0.15) is 0 Å². The van der Waals surface area contributed by atoms with Crippen molar-refractivity contribution in [2.45, 2.75) is 57.7 Å². The molecule has 1 heterocycles. The molecular weight excluding hydrogens is 232 g/mol. The monoisotopic (exact) mass is 254 g/mol. The SMILES string of the molecule is CC(C(=O)NC1CCCC1)[C@H]1NC(=O)[C@@H]1C(C)O. The number of rotatable bonds is 4. The van der Waals surface area contributed by atoms with Gasteiger partial charge in [-0.25, -0.2) is 0 Å². The van der Waals surface area contributed by atoms with E-state index in [1.54, 1.807) is 6.92 Å². The maximum absolute atomic E-state index is 12.1. The summed E-state index contributed by atoms with van der Waals surface area (Å²) in [6.07, 6.45) is 3.75. The highest BCUT2D eigenvalue weighted by Crippen LogP contribution is 2.26. The average Bonchev–Trinajstić information content (AvgIpc) is 2.76. The summed E-state index contributed by atoms with van der Waals surface area (Å²) in [4.78, 5) is 23.4. The Morgan fingerprint density at radius 3 is 2.50 bits per heavy atom. The van der Waals surface area contributed by atoms with Gasteiger partial charge in [-0.05, 0) is 19.8 Å². The van der Waals surface area contributed by atoms with Crippen LogP contribution in [0.3, 0.4) is 0 Å². The van der Waals surface area contributed by atoms with E-state index in [1.165, 1.54) is 12.8 Å². The summed E-state index contributed by atoms with van der Waals surface area (Å²) in [5.74, 6) is -0.912. The van der Waals surface area contributed by atoms with E-state index >= 15 is 0 Å². The average molecular weight is 254 g/mol. The predicted molar refractivity (Wildman–Crippen MR) is 66.7 cm³/mol. The maximum atomic E-state index is 12.1. The fourth-order valence-electron chi connectivity index (χ4n) is 2.94. The van der Waals surface area contributed by atoms with Crippen LogP contribution in [0.5, 0.6) is 0 Å². The molecule has 5 nitrogen and oxygen atoms in total. The third-order valence-electron chi connectivity index (χ3n) is 4.17. The zero-order valence-corrected chi connectivity index (χ0v) is 11.0. The van der Waals surface area contributed by atoms with Gasteiger partial charge >= 0.3 is 0 Å². The van der Waals surface area contributed by atoms with Crippen LogP contribution < -0.4 is 10.6 Å². The Morgan fingerprint density at radius 1 is 1.39 bits per heavy atom. The van der Waals surface area contributed by atoms with Crippen molar-refractivity contribution in [2.75, 3.05) is 0 Å². The summed E-state index contributed by atoms with van der Waals surface area (Å²) in [6.45, 7) is 3.40. The fraction of sp³-hybridized carbons (Fsp3) is 0.846. The van der Waals surface area contributed by atoms with Crippen LogP contribution in [0, 0.1) is 11.8 Å². The third kappa shape index (κ3) is 2.51. The summed E-state index contributed by atoms with van der Waals surface area (Å²) in [5.41, 5.74) is 0. The Hall–Kier alpha value is -1.10. The molecule has 2 aliphatic rings. The summed E-state index contributed by atoms with van der Waals surface area (Å²) in [7, 11) is 0. The second-order valence-electron chi connectivity index (χ2n) is 5.58. The summed E-state index contributed by atoms with van der Waals surface area (Å²) < 4.78 is 0. The van der Waals surface area contributed by atoms with Crippen LogP contribution in [-0.4, -0.2) is 35.1 Å². The van der Waals surface area contributed by atoms with E-state index in [-0.39, 0.29) is 23.8 Å². The molecule has 0 spiro atoms. The first kappa shape index (κ1) is 13.3. The highest BCUT2D eigenvalue weighted by Gasteiger charge is 2.47. The second-order valence-corrected chi connectivity index (χ2v) is 5.58. The first-order valence-corrected chi connectivity index (χ1v) is 6.79. The first-order valence-electron chi connectivity index (χ1n) is 6.79. The topological polar surface area (TPSA) is 78.4 Å². The Labute approximate surface area is 107 Å². The molecule has 2 unspecified atom stereocenters. The molecule has 1 aliphatic carbocycles. The number of hydrogen-bond acceptors (Lipinski definition) is 3. The number of aliphatic hydroxyl groups is 1. The van der Waals surface area contributed by atoms with Gasteiger partial charge in [-0.3, -0.25) is 9.59 Å². The zero-order chi connectivity index (χ0) is 13.3. The highest BCUT2D eigenvalue weighted by molar-refractivity contribution is 5.90. The lowest BCUT2D eigenvalue weighted by Crippen LogP contribution is -2.66. The molecule has 0 bridgehead atoms. The smallest absolute Gasteiger partial charge is 0.228 e. The Balaban J connectivity index is 1.88. The Kier molecular flexibility index (Phi) is 3.90. The fourth-order valence-corrected chi connectivity index (χ4v) is 2.94. The first-order chi connectivity index (χ1) is 8.50. The molecule has 1 saturated heterocycles. The predicted octanol–water partition coefficient (Wildman–Crippen LogP) is 0.177.